The highest BCUT2D eigenvalue weighted by atomic mass is 35.5. The number of carbonyl (C=O) groups excluding carboxylic acids is 2. The lowest BCUT2D eigenvalue weighted by Gasteiger charge is -2.37. The zero-order valence-corrected chi connectivity index (χ0v) is 16.9. The molecule has 0 aromatic carbocycles. The van der Waals surface area contributed by atoms with Crippen LogP contribution >= 0.6 is 12.4 Å². The summed E-state index contributed by atoms with van der Waals surface area (Å²) in [5, 5.41) is 3.21. The summed E-state index contributed by atoms with van der Waals surface area (Å²) in [5.41, 5.74) is 0. The van der Waals surface area contributed by atoms with E-state index in [1.807, 2.05) is 11.9 Å². The number of hydrogen-bond donors (Lipinski definition) is 1. The number of piperidine rings is 1. The standard InChI is InChI=1S/C19H30N4O3.ClH/c1-20-7-4-16-5-8-21(9-6-16)15-18(24)22-10-12-23(13-11-22)19(25)17-3-2-14-26-17;/h2-3,14,16,20H,4-13,15H2,1H3;1H. The normalized spacial score (nSPS) is 19.0. The number of nitrogens with zero attached hydrogens (tertiary/aromatic N) is 3. The number of hydrogen-bond acceptors (Lipinski definition) is 5. The van der Waals surface area contributed by atoms with E-state index >= 15 is 0 Å². The molecule has 1 aromatic heterocycles. The van der Waals surface area contributed by atoms with Gasteiger partial charge in [0.1, 0.15) is 0 Å². The van der Waals surface area contributed by atoms with Crippen molar-refractivity contribution in [3.63, 3.8) is 0 Å². The van der Waals surface area contributed by atoms with Crippen LogP contribution in [0.15, 0.2) is 22.8 Å². The first-order chi connectivity index (χ1) is 12.7. The summed E-state index contributed by atoms with van der Waals surface area (Å²) in [6.07, 6.45) is 5.10. The molecule has 0 atom stereocenters. The SMILES string of the molecule is CNCCC1CCN(CC(=O)N2CCN(C(=O)c3ccco3)CC2)CC1.Cl. The van der Waals surface area contributed by atoms with Crippen molar-refractivity contribution in [2.75, 3.05) is 59.4 Å². The van der Waals surface area contributed by atoms with Gasteiger partial charge >= 0.3 is 0 Å². The third-order valence-electron chi connectivity index (χ3n) is 5.52. The Hall–Kier alpha value is -1.57. The molecule has 8 heteroatoms. The fraction of sp³-hybridized carbons (Fsp3) is 0.684. The molecular weight excluding hydrogens is 368 g/mol. The molecule has 1 aromatic rings. The molecule has 2 fully saturated rings. The molecule has 0 aliphatic carbocycles. The van der Waals surface area contributed by atoms with Gasteiger partial charge < -0.3 is 19.5 Å². The van der Waals surface area contributed by atoms with Crippen molar-refractivity contribution in [2.24, 2.45) is 5.92 Å². The fourth-order valence-electron chi connectivity index (χ4n) is 3.79. The highest BCUT2D eigenvalue weighted by Crippen LogP contribution is 2.20. The number of amides is 2. The van der Waals surface area contributed by atoms with Crippen molar-refractivity contribution in [3.8, 4) is 0 Å². The van der Waals surface area contributed by atoms with Gasteiger partial charge in [-0.1, -0.05) is 0 Å². The minimum atomic E-state index is -0.0919. The van der Waals surface area contributed by atoms with Gasteiger partial charge in [-0.2, -0.15) is 0 Å². The highest BCUT2D eigenvalue weighted by Gasteiger charge is 2.27. The Labute approximate surface area is 167 Å². The lowest BCUT2D eigenvalue weighted by Crippen LogP contribution is -2.53. The molecule has 3 heterocycles. The van der Waals surface area contributed by atoms with Crippen molar-refractivity contribution in [1.29, 1.82) is 0 Å². The first-order valence-corrected chi connectivity index (χ1v) is 9.65. The smallest absolute Gasteiger partial charge is 0.289 e. The van der Waals surface area contributed by atoms with Crippen LogP contribution in [0.1, 0.15) is 29.8 Å². The molecule has 152 valence electrons. The Morgan fingerprint density at radius 2 is 1.78 bits per heavy atom. The van der Waals surface area contributed by atoms with E-state index in [4.69, 9.17) is 4.42 Å². The van der Waals surface area contributed by atoms with E-state index in [-0.39, 0.29) is 24.2 Å². The van der Waals surface area contributed by atoms with E-state index in [9.17, 15) is 9.59 Å². The van der Waals surface area contributed by atoms with Crippen molar-refractivity contribution in [3.05, 3.63) is 24.2 Å². The van der Waals surface area contributed by atoms with Crippen LogP contribution in [0.3, 0.4) is 0 Å². The van der Waals surface area contributed by atoms with Gasteiger partial charge in [-0.3, -0.25) is 14.5 Å². The number of nitrogens with one attached hydrogen (secondary N) is 1. The van der Waals surface area contributed by atoms with Gasteiger partial charge in [0.05, 0.1) is 12.8 Å². The first-order valence-electron chi connectivity index (χ1n) is 9.65. The molecule has 1 N–H and O–H groups in total. The summed E-state index contributed by atoms with van der Waals surface area (Å²) in [5.74, 6) is 1.24. The average molecular weight is 399 g/mol. The molecule has 2 aliphatic heterocycles. The third-order valence-corrected chi connectivity index (χ3v) is 5.52. The Bertz CT molecular complexity index is 580. The summed E-state index contributed by atoms with van der Waals surface area (Å²) in [7, 11) is 2.00. The van der Waals surface area contributed by atoms with Crippen molar-refractivity contribution in [2.45, 2.75) is 19.3 Å². The van der Waals surface area contributed by atoms with Gasteiger partial charge in [-0.15, -0.1) is 12.4 Å². The van der Waals surface area contributed by atoms with E-state index in [1.165, 1.54) is 25.5 Å². The van der Waals surface area contributed by atoms with Gasteiger partial charge in [0.2, 0.25) is 5.91 Å². The van der Waals surface area contributed by atoms with Crippen LogP contribution in [0, 0.1) is 5.92 Å². The molecule has 2 amide bonds. The summed E-state index contributed by atoms with van der Waals surface area (Å²) < 4.78 is 5.17. The minimum Gasteiger partial charge on any atom is -0.459 e. The van der Waals surface area contributed by atoms with Crippen LogP contribution in [-0.2, 0) is 4.79 Å². The summed E-state index contributed by atoms with van der Waals surface area (Å²) in [6.45, 7) is 5.94. The largest absolute Gasteiger partial charge is 0.459 e. The number of likely N-dealkylation sites (tertiary alicyclic amines) is 1. The number of halogens is 1. The van der Waals surface area contributed by atoms with Crippen LogP contribution in [0.4, 0.5) is 0 Å². The second kappa shape index (κ2) is 10.7. The Kier molecular flexibility index (Phi) is 8.60. The van der Waals surface area contributed by atoms with Crippen molar-refractivity contribution in [1.82, 2.24) is 20.0 Å². The average Bonchev–Trinajstić information content (AvgIpc) is 3.22. The topological polar surface area (TPSA) is 69.0 Å². The van der Waals surface area contributed by atoms with Crippen LogP contribution in [-0.4, -0.2) is 85.9 Å². The third kappa shape index (κ3) is 5.96. The van der Waals surface area contributed by atoms with Crippen LogP contribution < -0.4 is 5.32 Å². The number of rotatable bonds is 6. The van der Waals surface area contributed by atoms with E-state index in [0.717, 1.165) is 25.6 Å². The Morgan fingerprint density at radius 1 is 1.11 bits per heavy atom. The first kappa shape index (κ1) is 21.7. The summed E-state index contributed by atoms with van der Waals surface area (Å²) >= 11 is 0. The van der Waals surface area contributed by atoms with Gasteiger partial charge in [-0.25, -0.2) is 0 Å². The second-order valence-electron chi connectivity index (χ2n) is 7.26. The molecule has 0 radical (unpaired) electrons. The van der Waals surface area contributed by atoms with Gasteiger partial charge in [0.25, 0.3) is 5.91 Å². The van der Waals surface area contributed by atoms with E-state index in [0.29, 0.717) is 38.5 Å². The maximum Gasteiger partial charge on any atom is 0.289 e. The predicted molar refractivity (Wildman–Crippen MR) is 106 cm³/mol. The monoisotopic (exact) mass is 398 g/mol. The molecule has 3 rings (SSSR count). The predicted octanol–water partition coefficient (Wildman–Crippen LogP) is 1.31. The summed E-state index contributed by atoms with van der Waals surface area (Å²) in [4.78, 5) is 30.8. The number of carbonyl (C=O) groups is 2. The quantitative estimate of drug-likeness (QED) is 0.782. The zero-order chi connectivity index (χ0) is 18.4. The second-order valence-corrected chi connectivity index (χ2v) is 7.26. The zero-order valence-electron chi connectivity index (χ0n) is 16.1. The summed E-state index contributed by atoms with van der Waals surface area (Å²) in [6, 6.07) is 3.40. The molecule has 2 saturated heterocycles. The van der Waals surface area contributed by atoms with E-state index in [2.05, 4.69) is 10.2 Å². The molecule has 0 bridgehead atoms. The lowest BCUT2D eigenvalue weighted by molar-refractivity contribution is -0.134. The number of furan rings is 1. The maximum absolute atomic E-state index is 12.6. The Balaban J connectivity index is 0.00000261. The molecule has 7 nitrogen and oxygen atoms in total. The van der Waals surface area contributed by atoms with Crippen molar-refractivity contribution >= 4 is 24.2 Å². The molecule has 0 unspecified atom stereocenters. The van der Waals surface area contributed by atoms with Gasteiger partial charge in [-0.05, 0) is 64.0 Å². The van der Waals surface area contributed by atoms with Crippen molar-refractivity contribution < 1.29 is 14.0 Å². The fourth-order valence-corrected chi connectivity index (χ4v) is 3.79. The number of piperazine rings is 1. The molecule has 0 spiro atoms. The molecule has 27 heavy (non-hydrogen) atoms. The van der Waals surface area contributed by atoms with E-state index < -0.39 is 0 Å². The van der Waals surface area contributed by atoms with Crippen LogP contribution in [0.5, 0.6) is 0 Å². The molecule has 0 saturated carbocycles. The van der Waals surface area contributed by atoms with Crippen LogP contribution in [0.25, 0.3) is 0 Å². The molecular formula is C19H31ClN4O3. The Morgan fingerprint density at radius 3 is 2.37 bits per heavy atom. The van der Waals surface area contributed by atoms with Gasteiger partial charge in [0.15, 0.2) is 5.76 Å². The van der Waals surface area contributed by atoms with Crippen LogP contribution in [0.2, 0.25) is 0 Å². The highest BCUT2D eigenvalue weighted by molar-refractivity contribution is 5.91. The minimum absolute atomic E-state index is 0. The van der Waals surface area contributed by atoms with E-state index in [1.54, 1.807) is 17.0 Å². The molecule has 2 aliphatic rings. The van der Waals surface area contributed by atoms with Gasteiger partial charge in [0, 0.05) is 26.2 Å². The lowest BCUT2D eigenvalue weighted by atomic mass is 9.93. The maximum atomic E-state index is 12.6.